The van der Waals surface area contributed by atoms with E-state index in [-0.39, 0.29) is 0 Å². The minimum absolute atomic E-state index is 0.387. The van der Waals surface area contributed by atoms with Crippen molar-refractivity contribution in [2.45, 2.75) is 6.61 Å². The van der Waals surface area contributed by atoms with E-state index in [0.717, 1.165) is 5.56 Å². The number of carbonyl (C=O) groups is 2. The summed E-state index contributed by atoms with van der Waals surface area (Å²) in [6, 6.07) is 23.7. The molecule has 32 heavy (non-hydrogen) atoms. The molecule has 0 spiro atoms. The topological polar surface area (TPSA) is 89.0 Å². The lowest BCUT2D eigenvalue weighted by molar-refractivity contribution is -0.136. The molecule has 0 fully saturated rings. The number of benzene rings is 3. The summed E-state index contributed by atoms with van der Waals surface area (Å²) in [5, 5.41) is 6.33. The van der Waals surface area contributed by atoms with Crippen LogP contribution in [0.15, 0.2) is 96.6 Å². The summed E-state index contributed by atoms with van der Waals surface area (Å²) >= 11 is 0. The zero-order chi connectivity index (χ0) is 22.6. The predicted molar refractivity (Wildman–Crippen MR) is 124 cm³/mol. The molecule has 7 nitrogen and oxygen atoms in total. The Hall–Kier alpha value is -4.39. The van der Waals surface area contributed by atoms with E-state index in [9.17, 15) is 9.59 Å². The second kappa shape index (κ2) is 11.7. The van der Waals surface area contributed by atoms with Gasteiger partial charge in [-0.3, -0.25) is 9.59 Å². The molecule has 162 valence electrons. The van der Waals surface area contributed by atoms with Gasteiger partial charge in [-0.05, 0) is 47.5 Å². The zero-order valence-electron chi connectivity index (χ0n) is 17.4. The first-order chi connectivity index (χ1) is 15.6. The molecule has 0 aliphatic rings. The molecule has 0 saturated carbocycles. The number of hydrogen-bond donors (Lipinski definition) is 2. The van der Waals surface area contributed by atoms with E-state index in [1.165, 1.54) is 6.21 Å². The average molecular weight is 429 g/mol. The Morgan fingerprint density at radius 1 is 0.875 bits per heavy atom. The number of ether oxygens (including phenoxy) is 2. The molecule has 2 amide bonds. The van der Waals surface area contributed by atoms with Crippen molar-refractivity contribution < 1.29 is 19.1 Å². The molecule has 0 aliphatic heterocycles. The van der Waals surface area contributed by atoms with Gasteiger partial charge in [-0.25, -0.2) is 5.43 Å². The number of amides is 2. The fourth-order valence-electron chi connectivity index (χ4n) is 2.62. The van der Waals surface area contributed by atoms with E-state index in [1.54, 1.807) is 54.6 Å². The van der Waals surface area contributed by atoms with Gasteiger partial charge in [0.15, 0.2) is 0 Å². The first-order valence-corrected chi connectivity index (χ1v) is 9.89. The van der Waals surface area contributed by atoms with Crippen LogP contribution in [0.1, 0.15) is 11.1 Å². The molecule has 0 bridgehead atoms. The Morgan fingerprint density at radius 3 is 2.41 bits per heavy atom. The summed E-state index contributed by atoms with van der Waals surface area (Å²) in [5.41, 5.74) is 4.43. The predicted octanol–water partition coefficient (Wildman–Crippen LogP) is 3.92. The fraction of sp³-hybridized carbons (Fsp3) is 0.0800. The Labute approximate surface area is 186 Å². The highest BCUT2D eigenvalue weighted by Crippen LogP contribution is 2.17. The zero-order valence-corrected chi connectivity index (χ0v) is 17.4. The molecule has 2 N–H and O–H groups in total. The lowest BCUT2D eigenvalue weighted by atomic mass is 10.2. The highest BCUT2D eigenvalue weighted by Gasteiger charge is 2.12. The largest absolute Gasteiger partial charge is 0.490 e. The first kappa shape index (κ1) is 22.3. The maximum Gasteiger partial charge on any atom is 0.329 e. The number of nitrogens with zero attached hydrogens (tertiary/aromatic N) is 1. The van der Waals surface area contributed by atoms with Gasteiger partial charge in [-0.1, -0.05) is 55.1 Å². The quantitative estimate of drug-likeness (QED) is 0.234. The van der Waals surface area contributed by atoms with E-state index >= 15 is 0 Å². The van der Waals surface area contributed by atoms with Crippen LogP contribution in [0.4, 0.5) is 5.69 Å². The number of rotatable bonds is 9. The molecule has 0 radical (unpaired) electrons. The number of hydrogen-bond acceptors (Lipinski definition) is 5. The van der Waals surface area contributed by atoms with E-state index in [1.807, 2.05) is 30.3 Å². The first-order valence-electron chi connectivity index (χ1n) is 9.89. The minimum atomic E-state index is -0.885. The van der Waals surface area contributed by atoms with Gasteiger partial charge in [0, 0.05) is 5.69 Å². The lowest BCUT2D eigenvalue weighted by Gasteiger charge is -2.08. The molecule has 3 aromatic rings. The van der Waals surface area contributed by atoms with E-state index in [4.69, 9.17) is 9.47 Å². The summed E-state index contributed by atoms with van der Waals surface area (Å²) in [7, 11) is 0. The molecule has 0 atom stereocenters. The molecule has 7 heteroatoms. The Bertz CT molecular complexity index is 1080. The maximum atomic E-state index is 12.1. The molecule has 3 aromatic carbocycles. The lowest BCUT2D eigenvalue weighted by Crippen LogP contribution is -2.32. The molecule has 0 heterocycles. The summed E-state index contributed by atoms with van der Waals surface area (Å²) in [6.07, 6.45) is 3.07. The molecular formula is C25H23N3O4. The highest BCUT2D eigenvalue weighted by atomic mass is 16.5. The second-order valence-electron chi connectivity index (χ2n) is 6.62. The van der Waals surface area contributed by atoms with Crippen molar-refractivity contribution in [3.05, 3.63) is 103 Å². The minimum Gasteiger partial charge on any atom is -0.490 e. The SMILES string of the molecule is C=CCOc1cccc(/C=N\NC(=O)C(=O)Nc2ccc(OCc3ccccc3)cc2)c1. The van der Waals surface area contributed by atoms with Crippen LogP contribution < -0.4 is 20.2 Å². The van der Waals surface area contributed by atoms with Crippen molar-refractivity contribution in [2.75, 3.05) is 11.9 Å². The standard InChI is InChI=1S/C25H23N3O4/c1-2-15-31-23-10-6-9-20(16-23)17-26-28-25(30)24(29)27-21-11-13-22(14-12-21)32-18-19-7-4-3-5-8-19/h2-14,16-17H,1,15,18H2,(H,27,29)(H,28,30)/b26-17-. The molecule has 0 aliphatic carbocycles. The van der Waals surface area contributed by atoms with Gasteiger partial charge in [0.2, 0.25) is 0 Å². The van der Waals surface area contributed by atoms with Crippen molar-refractivity contribution in [1.82, 2.24) is 5.43 Å². The van der Waals surface area contributed by atoms with Crippen LogP contribution in [-0.2, 0) is 16.2 Å². The van der Waals surface area contributed by atoms with Crippen LogP contribution >= 0.6 is 0 Å². The molecule has 0 aromatic heterocycles. The van der Waals surface area contributed by atoms with Crippen LogP contribution in [0.25, 0.3) is 0 Å². The number of nitrogens with one attached hydrogen (secondary N) is 2. The van der Waals surface area contributed by atoms with Crippen LogP contribution in [0, 0.1) is 0 Å². The van der Waals surface area contributed by atoms with Crippen molar-refractivity contribution in [3.63, 3.8) is 0 Å². The summed E-state index contributed by atoms with van der Waals surface area (Å²) < 4.78 is 11.1. The molecule has 3 rings (SSSR count). The third-order valence-corrected chi connectivity index (χ3v) is 4.17. The van der Waals surface area contributed by atoms with Gasteiger partial charge in [-0.2, -0.15) is 5.10 Å². The Kier molecular flexibility index (Phi) is 8.16. The number of anilines is 1. The molecule has 0 saturated heterocycles. The second-order valence-corrected chi connectivity index (χ2v) is 6.62. The van der Waals surface area contributed by atoms with Crippen molar-refractivity contribution in [1.29, 1.82) is 0 Å². The van der Waals surface area contributed by atoms with Crippen LogP contribution in [0.2, 0.25) is 0 Å². The summed E-state index contributed by atoms with van der Waals surface area (Å²) in [6.45, 7) is 4.42. The van der Waals surface area contributed by atoms with E-state index in [0.29, 0.717) is 36.0 Å². The van der Waals surface area contributed by atoms with Gasteiger partial charge in [0.05, 0.1) is 6.21 Å². The fourth-order valence-corrected chi connectivity index (χ4v) is 2.62. The van der Waals surface area contributed by atoms with E-state index < -0.39 is 11.8 Å². The summed E-state index contributed by atoms with van der Waals surface area (Å²) in [4.78, 5) is 24.0. The van der Waals surface area contributed by atoms with Crippen molar-refractivity contribution >= 4 is 23.7 Å². The van der Waals surface area contributed by atoms with Gasteiger partial charge < -0.3 is 14.8 Å². The molecule has 0 unspecified atom stereocenters. The highest BCUT2D eigenvalue weighted by molar-refractivity contribution is 6.39. The Balaban J connectivity index is 1.46. The van der Waals surface area contributed by atoms with Gasteiger partial charge in [-0.15, -0.1) is 0 Å². The Morgan fingerprint density at radius 2 is 1.66 bits per heavy atom. The summed E-state index contributed by atoms with van der Waals surface area (Å²) in [5.74, 6) is -0.415. The van der Waals surface area contributed by atoms with Crippen LogP contribution in [0.3, 0.4) is 0 Å². The maximum absolute atomic E-state index is 12.1. The normalized spacial score (nSPS) is 10.4. The monoisotopic (exact) mass is 429 g/mol. The van der Waals surface area contributed by atoms with E-state index in [2.05, 4.69) is 22.4 Å². The average Bonchev–Trinajstić information content (AvgIpc) is 2.83. The number of carbonyl (C=O) groups excluding carboxylic acids is 2. The number of hydrazone groups is 1. The van der Waals surface area contributed by atoms with Crippen LogP contribution in [-0.4, -0.2) is 24.6 Å². The van der Waals surface area contributed by atoms with Gasteiger partial charge in [0.25, 0.3) is 0 Å². The van der Waals surface area contributed by atoms with Crippen molar-refractivity contribution in [3.8, 4) is 11.5 Å². The van der Waals surface area contributed by atoms with Crippen LogP contribution in [0.5, 0.6) is 11.5 Å². The third kappa shape index (κ3) is 7.14. The smallest absolute Gasteiger partial charge is 0.329 e. The van der Waals surface area contributed by atoms with Gasteiger partial charge >= 0.3 is 11.8 Å². The third-order valence-electron chi connectivity index (χ3n) is 4.17. The van der Waals surface area contributed by atoms with Crippen molar-refractivity contribution in [2.24, 2.45) is 5.10 Å². The molecular weight excluding hydrogens is 406 g/mol. The van der Waals surface area contributed by atoms with Gasteiger partial charge in [0.1, 0.15) is 24.7 Å².